The molecule has 0 spiro atoms. The number of benzene rings is 2. The summed E-state index contributed by atoms with van der Waals surface area (Å²) in [6.07, 6.45) is -4.61. The molecule has 1 saturated heterocycles. The van der Waals surface area contributed by atoms with Crippen LogP contribution in [0.5, 0.6) is 0 Å². The fourth-order valence-electron chi connectivity index (χ4n) is 3.24. The second-order valence-electron chi connectivity index (χ2n) is 7.23. The number of hydrogen-bond donors (Lipinski definition) is 2. The third-order valence-corrected chi connectivity index (χ3v) is 4.89. The molecule has 0 aromatic heterocycles. The molecule has 2 aromatic carbocycles. The van der Waals surface area contributed by atoms with Crippen molar-refractivity contribution in [2.45, 2.75) is 13.1 Å². The van der Waals surface area contributed by atoms with E-state index in [4.69, 9.17) is 0 Å². The van der Waals surface area contributed by atoms with Crippen molar-refractivity contribution >= 4 is 28.9 Å². The quantitative estimate of drug-likeness (QED) is 0.792. The van der Waals surface area contributed by atoms with Gasteiger partial charge in [0, 0.05) is 50.0 Å². The molecule has 0 atom stereocenters. The molecule has 0 radical (unpaired) electrons. The molecular weight excluding hydrogens is 397 g/mol. The number of nitrogens with one attached hydrogen (secondary N) is 2. The van der Waals surface area contributed by atoms with Gasteiger partial charge in [-0.05, 0) is 49.5 Å². The molecular formula is C21H23F3N4O2. The Labute approximate surface area is 172 Å². The molecule has 0 aliphatic carbocycles. The van der Waals surface area contributed by atoms with E-state index < -0.39 is 17.6 Å². The van der Waals surface area contributed by atoms with E-state index in [-0.39, 0.29) is 17.2 Å². The van der Waals surface area contributed by atoms with Crippen LogP contribution in [0.2, 0.25) is 0 Å². The van der Waals surface area contributed by atoms with E-state index in [0.29, 0.717) is 24.5 Å². The van der Waals surface area contributed by atoms with Crippen LogP contribution in [0.1, 0.15) is 22.8 Å². The summed E-state index contributed by atoms with van der Waals surface area (Å²) in [5, 5.41) is 4.92. The minimum absolute atomic E-state index is 0.181. The third-order valence-electron chi connectivity index (χ3n) is 4.89. The summed E-state index contributed by atoms with van der Waals surface area (Å²) in [5.74, 6) is -0.926. The van der Waals surface area contributed by atoms with Crippen LogP contribution in [-0.2, 0) is 11.0 Å². The van der Waals surface area contributed by atoms with Gasteiger partial charge in [-0.2, -0.15) is 13.2 Å². The number of hydrogen-bond acceptors (Lipinski definition) is 4. The van der Waals surface area contributed by atoms with Gasteiger partial charge in [-0.25, -0.2) is 0 Å². The van der Waals surface area contributed by atoms with Crippen LogP contribution in [0.25, 0.3) is 0 Å². The van der Waals surface area contributed by atoms with Crippen molar-refractivity contribution in [1.82, 2.24) is 4.90 Å². The molecule has 160 valence electrons. The van der Waals surface area contributed by atoms with Crippen molar-refractivity contribution in [2.24, 2.45) is 0 Å². The van der Waals surface area contributed by atoms with E-state index in [1.807, 2.05) is 11.9 Å². The molecule has 1 fully saturated rings. The number of rotatable bonds is 4. The molecule has 2 N–H and O–H groups in total. The van der Waals surface area contributed by atoms with Gasteiger partial charge < -0.3 is 20.4 Å². The van der Waals surface area contributed by atoms with Crippen LogP contribution in [0.15, 0.2) is 42.5 Å². The summed E-state index contributed by atoms with van der Waals surface area (Å²) >= 11 is 0. The molecule has 0 saturated carbocycles. The average molecular weight is 420 g/mol. The normalized spacial score (nSPS) is 15.0. The molecule has 1 aliphatic rings. The molecule has 6 nitrogen and oxygen atoms in total. The minimum Gasteiger partial charge on any atom is -0.369 e. The second kappa shape index (κ2) is 8.74. The fourth-order valence-corrected chi connectivity index (χ4v) is 3.24. The van der Waals surface area contributed by atoms with Gasteiger partial charge in [0.15, 0.2) is 0 Å². The molecule has 9 heteroatoms. The highest BCUT2D eigenvalue weighted by Crippen LogP contribution is 2.37. The average Bonchev–Trinajstić information content (AvgIpc) is 2.68. The van der Waals surface area contributed by atoms with Crippen molar-refractivity contribution in [2.75, 3.05) is 48.8 Å². The highest BCUT2D eigenvalue weighted by atomic mass is 19.4. The number of nitrogens with zero attached hydrogens (tertiary/aromatic N) is 2. The van der Waals surface area contributed by atoms with Crippen LogP contribution in [0.4, 0.5) is 30.2 Å². The predicted molar refractivity (Wildman–Crippen MR) is 110 cm³/mol. The number of likely N-dealkylation sites (N-methyl/N-ethyl adjacent to an activating group) is 1. The Bertz CT molecular complexity index is 921. The van der Waals surface area contributed by atoms with Crippen LogP contribution >= 0.6 is 0 Å². The Morgan fingerprint density at radius 1 is 0.933 bits per heavy atom. The Morgan fingerprint density at radius 2 is 1.57 bits per heavy atom. The topological polar surface area (TPSA) is 64.7 Å². The Kier molecular flexibility index (Phi) is 6.31. The molecule has 2 amide bonds. The van der Waals surface area contributed by atoms with Gasteiger partial charge in [0.2, 0.25) is 5.91 Å². The van der Waals surface area contributed by atoms with E-state index in [9.17, 15) is 22.8 Å². The molecule has 1 aliphatic heterocycles. The van der Waals surface area contributed by atoms with Crippen LogP contribution < -0.4 is 15.5 Å². The van der Waals surface area contributed by atoms with Crippen LogP contribution in [0, 0.1) is 0 Å². The number of carbonyl (C=O) groups is 2. The minimum atomic E-state index is -4.61. The van der Waals surface area contributed by atoms with Gasteiger partial charge in [0.05, 0.1) is 11.3 Å². The second-order valence-corrected chi connectivity index (χ2v) is 7.23. The molecule has 30 heavy (non-hydrogen) atoms. The zero-order chi connectivity index (χ0) is 21.9. The SMILES string of the molecule is CC(=O)Nc1ccc(C(=O)Nc2ccc(N3CCN(C)CC3)cc2C(F)(F)F)cc1. The first-order valence-corrected chi connectivity index (χ1v) is 9.47. The highest BCUT2D eigenvalue weighted by molar-refractivity contribution is 6.05. The maximum absolute atomic E-state index is 13.7. The van der Waals surface area contributed by atoms with Crippen molar-refractivity contribution in [3.63, 3.8) is 0 Å². The van der Waals surface area contributed by atoms with E-state index in [1.165, 1.54) is 37.3 Å². The summed E-state index contributed by atoms with van der Waals surface area (Å²) in [7, 11) is 1.97. The Balaban J connectivity index is 1.80. The zero-order valence-electron chi connectivity index (χ0n) is 16.7. The van der Waals surface area contributed by atoms with E-state index in [0.717, 1.165) is 19.2 Å². The Morgan fingerprint density at radius 3 is 2.13 bits per heavy atom. The summed E-state index contributed by atoms with van der Waals surface area (Å²) in [5.41, 5.74) is -0.0292. The number of piperazine rings is 1. The first-order valence-electron chi connectivity index (χ1n) is 9.47. The van der Waals surface area contributed by atoms with Crippen molar-refractivity contribution < 1.29 is 22.8 Å². The van der Waals surface area contributed by atoms with E-state index in [1.54, 1.807) is 6.07 Å². The van der Waals surface area contributed by atoms with Gasteiger partial charge >= 0.3 is 6.18 Å². The maximum Gasteiger partial charge on any atom is 0.418 e. The summed E-state index contributed by atoms with van der Waals surface area (Å²) in [4.78, 5) is 27.5. The number of anilines is 3. The lowest BCUT2D eigenvalue weighted by Gasteiger charge is -2.34. The predicted octanol–water partition coefficient (Wildman–Crippen LogP) is 3.67. The lowest BCUT2D eigenvalue weighted by atomic mass is 10.1. The van der Waals surface area contributed by atoms with Gasteiger partial charge in [0.1, 0.15) is 0 Å². The molecule has 0 bridgehead atoms. The lowest BCUT2D eigenvalue weighted by molar-refractivity contribution is -0.136. The van der Waals surface area contributed by atoms with Gasteiger partial charge in [0.25, 0.3) is 5.91 Å². The third kappa shape index (κ3) is 5.29. The van der Waals surface area contributed by atoms with E-state index >= 15 is 0 Å². The lowest BCUT2D eigenvalue weighted by Crippen LogP contribution is -2.44. The number of amides is 2. The van der Waals surface area contributed by atoms with E-state index in [2.05, 4.69) is 15.5 Å². The van der Waals surface area contributed by atoms with Gasteiger partial charge in [-0.3, -0.25) is 9.59 Å². The smallest absolute Gasteiger partial charge is 0.369 e. The number of halogens is 3. The number of carbonyl (C=O) groups excluding carboxylic acids is 2. The summed E-state index contributed by atoms with van der Waals surface area (Å²) < 4.78 is 41.0. The highest BCUT2D eigenvalue weighted by Gasteiger charge is 2.35. The van der Waals surface area contributed by atoms with Crippen molar-refractivity contribution in [1.29, 1.82) is 0 Å². The zero-order valence-corrected chi connectivity index (χ0v) is 16.7. The van der Waals surface area contributed by atoms with Gasteiger partial charge in [-0.15, -0.1) is 0 Å². The summed E-state index contributed by atoms with van der Waals surface area (Å²) in [6, 6.07) is 9.87. The summed E-state index contributed by atoms with van der Waals surface area (Å²) in [6.45, 7) is 4.17. The standard InChI is InChI=1S/C21H23F3N4O2/c1-14(29)25-16-5-3-15(4-6-16)20(30)26-19-8-7-17(13-18(19)21(22,23)24)28-11-9-27(2)10-12-28/h3-8,13H,9-12H2,1-2H3,(H,25,29)(H,26,30). The molecule has 2 aromatic rings. The van der Waals surface area contributed by atoms with Gasteiger partial charge in [-0.1, -0.05) is 0 Å². The van der Waals surface area contributed by atoms with Crippen LogP contribution in [0.3, 0.4) is 0 Å². The molecule has 0 unspecified atom stereocenters. The fraction of sp³-hybridized carbons (Fsp3) is 0.333. The first kappa shape index (κ1) is 21.6. The first-order chi connectivity index (χ1) is 14.1. The van der Waals surface area contributed by atoms with Crippen LogP contribution in [-0.4, -0.2) is 49.9 Å². The largest absolute Gasteiger partial charge is 0.418 e. The Hall–Kier alpha value is -3.07. The van der Waals surface area contributed by atoms with Crippen molar-refractivity contribution in [3.8, 4) is 0 Å². The monoisotopic (exact) mass is 420 g/mol. The molecule has 3 rings (SSSR count). The number of alkyl halides is 3. The van der Waals surface area contributed by atoms with Crippen molar-refractivity contribution in [3.05, 3.63) is 53.6 Å². The molecule has 1 heterocycles. The maximum atomic E-state index is 13.7.